The van der Waals surface area contributed by atoms with Crippen molar-refractivity contribution in [3.63, 3.8) is 0 Å². The second-order valence-electron chi connectivity index (χ2n) is 6.04. The molecule has 0 spiro atoms. The van der Waals surface area contributed by atoms with Crippen LogP contribution in [0.15, 0.2) is 0 Å². The van der Waals surface area contributed by atoms with Crippen molar-refractivity contribution in [2.75, 3.05) is 0 Å². The molecule has 0 unspecified atom stereocenters. The molecule has 1 amide bonds. The fourth-order valence-electron chi connectivity index (χ4n) is 2.34. The predicted octanol–water partition coefficient (Wildman–Crippen LogP) is 1.84. The van der Waals surface area contributed by atoms with Crippen molar-refractivity contribution < 1.29 is 4.79 Å². The Bertz CT molecular complexity index is 344. The van der Waals surface area contributed by atoms with Crippen LogP contribution in [0.25, 0.3) is 0 Å². The summed E-state index contributed by atoms with van der Waals surface area (Å²) in [7, 11) is 0. The van der Waals surface area contributed by atoms with E-state index in [2.05, 4.69) is 39.1 Å². The molecule has 3 nitrogen and oxygen atoms in total. The molecule has 2 aliphatic carbocycles. The lowest BCUT2D eigenvalue weighted by Crippen LogP contribution is -2.35. The fourth-order valence-corrected chi connectivity index (χ4v) is 2.34. The van der Waals surface area contributed by atoms with E-state index in [9.17, 15) is 4.79 Å². The van der Waals surface area contributed by atoms with Crippen molar-refractivity contribution in [3.05, 3.63) is 0 Å². The first kappa shape index (κ1) is 10.5. The van der Waals surface area contributed by atoms with Crippen LogP contribution in [0.1, 0.15) is 40.5 Å². The predicted molar refractivity (Wildman–Crippen MR) is 56.8 cm³/mol. The van der Waals surface area contributed by atoms with Crippen LogP contribution >= 0.6 is 0 Å². The van der Waals surface area contributed by atoms with Crippen molar-refractivity contribution in [1.29, 1.82) is 5.26 Å². The molecule has 0 atom stereocenters. The van der Waals surface area contributed by atoms with E-state index in [-0.39, 0.29) is 22.8 Å². The Hall–Kier alpha value is -1.04. The summed E-state index contributed by atoms with van der Waals surface area (Å²) >= 11 is 0. The van der Waals surface area contributed by atoms with E-state index in [0.29, 0.717) is 0 Å². The first-order valence-electron chi connectivity index (χ1n) is 5.50. The maximum Gasteiger partial charge on any atom is 0.240 e. The number of nitrogens with zero attached hydrogens (tertiary/aromatic N) is 1. The molecule has 0 saturated heterocycles. The van der Waals surface area contributed by atoms with Gasteiger partial charge in [0.15, 0.2) is 0 Å². The molecule has 0 aromatic heterocycles. The Labute approximate surface area is 90.8 Å². The highest BCUT2D eigenvalue weighted by molar-refractivity contribution is 5.88. The highest BCUT2D eigenvalue weighted by Gasteiger charge is 2.66. The molecule has 2 saturated carbocycles. The molecule has 15 heavy (non-hydrogen) atoms. The third-order valence-electron chi connectivity index (χ3n) is 4.69. The monoisotopic (exact) mass is 206 g/mol. The summed E-state index contributed by atoms with van der Waals surface area (Å²) in [6, 6.07) is 2.34. The number of carbonyl (C=O) groups is 1. The van der Waals surface area contributed by atoms with E-state index in [1.807, 2.05) is 0 Å². The molecule has 2 aliphatic rings. The Morgan fingerprint density at radius 3 is 2.00 bits per heavy atom. The summed E-state index contributed by atoms with van der Waals surface area (Å²) < 4.78 is 0. The van der Waals surface area contributed by atoms with Crippen LogP contribution in [-0.2, 0) is 4.79 Å². The SMILES string of the molecule is CC1(C)C(NC(=O)C2(C#N)CC2)C1(C)C. The normalized spacial score (nSPS) is 29.0. The Morgan fingerprint density at radius 1 is 1.27 bits per heavy atom. The lowest BCUT2D eigenvalue weighted by Gasteiger charge is -2.09. The van der Waals surface area contributed by atoms with Crippen LogP contribution < -0.4 is 5.32 Å². The molecule has 0 aliphatic heterocycles. The van der Waals surface area contributed by atoms with E-state index >= 15 is 0 Å². The minimum absolute atomic E-state index is 0.0614. The van der Waals surface area contributed by atoms with Gasteiger partial charge in [0, 0.05) is 6.04 Å². The summed E-state index contributed by atoms with van der Waals surface area (Å²) in [4.78, 5) is 11.9. The smallest absolute Gasteiger partial charge is 0.240 e. The first-order valence-corrected chi connectivity index (χ1v) is 5.50. The number of rotatable bonds is 2. The minimum atomic E-state index is -0.686. The van der Waals surface area contributed by atoms with E-state index in [1.54, 1.807) is 0 Å². The van der Waals surface area contributed by atoms with E-state index < -0.39 is 5.41 Å². The lowest BCUT2D eigenvalue weighted by atomic mass is 10.0. The summed E-state index contributed by atoms with van der Waals surface area (Å²) in [5.74, 6) is -0.0614. The van der Waals surface area contributed by atoms with Gasteiger partial charge in [-0.15, -0.1) is 0 Å². The van der Waals surface area contributed by atoms with Crippen molar-refractivity contribution >= 4 is 5.91 Å². The Kier molecular flexibility index (Phi) is 1.78. The van der Waals surface area contributed by atoms with E-state index in [4.69, 9.17) is 5.26 Å². The zero-order chi connectivity index (χ0) is 11.5. The summed E-state index contributed by atoms with van der Waals surface area (Å²) in [6.07, 6.45) is 1.45. The molecule has 2 fully saturated rings. The van der Waals surface area contributed by atoms with Gasteiger partial charge >= 0.3 is 0 Å². The van der Waals surface area contributed by atoms with Crippen LogP contribution in [0, 0.1) is 27.6 Å². The van der Waals surface area contributed by atoms with Gasteiger partial charge in [-0.05, 0) is 23.7 Å². The second-order valence-corrected chi connectivity index (χ2v) is 6.04. The van der Waals surface area contributed by atoms with Crippen molar-refractivity contribution in [2.45, 2.75) is 46.6 Å². The number of hydrogen-bond donors (Lipinski definition) is 1. The third-order valence-corrected chi connectivity index (χ3v) is 4.69. The van der Waals surface area contributed by atoms with Gasteiger partial charge in [0.25, 0.3) is 0 Å². The third kappa shape index (κ3) is 1.20. The molecular weight excluding hydrogens is 188 g/mol. The van der Waals surface area contributed by atoms with Crippen LogP contribution in [0.3, 0.4) is 0 Å². The highest BCUT2D eigenvalue weighted by Crippen LogP contribution is 2.63. The van der Waals surface area contributed by atoms with Crippen LogP contribution in [0.4, 0.5) is 0 Å². The summed E-state index contributed by atoms with van der Waals surface area (Å²) in [5, 5.41) is 11.9. The molecule has 0 bridgehead atoms. The second kappa shape index (κ2) is 2.55. The highest BCUT2D eigenvalue weighted by atomic mass is 16.2. The van der Waals surface area contributed by atoms with Gasteiger partial charge < -0.3 is 5.32 Å². The van der Waals surface area contributed by atoms with Gasteiger partial charge in [-0.2, -0.15) is 5.26 Å². The molecule has 0 heterocycles. The van der Waals surface area contributed by atoms with Gasteiger partial charge in [-0.25, -0.2) is 0 Å². The van der Waals surface area contributed by atoms with Crippen LogP contribution in [-0.4, -0.2) is 11.9 Å². The van der Waals surface area contributed by atoms with Crippen molar-refractivity contribution in [3.8, 4) is 6.07 Å². The molecule has 0 aromatic rings. The van der Waals surface area contributed by atoms with Gasteiger partial charge in [-0.1, -0.05) is 27.7 Å². The zero-order valence-electron chi connectivity index (χ0n) is 9.85. The first-order chi connectivity index (χ1) is 6.78. The maximum absolute atomic E-state index is 11.9. The molecule has 2 rings (SSSR count). The van der Waals surface area contributed by atoms with Crippen LogP contribution in [0.2, 0.25) is 0 Å². The molecule has 1 N–H and O–H groups in total. The summed E-state index contributed by atoms with van der Waals surface area (Å²) in [6.45, 7) is 8.63. The number of nitrogens with one attached hydrogen (secondary N) is 1. The van der Waals surface area contributed by atoms with Gasteiger partial charge in [-0.3, -0.25) is 4.79 Å². The molecule has 0 radical (unpaired) electrons. The molecular formula is C12H18N2O. The van der Waals surface area contributed by atoms with E-state index in [0.717, 1.165) is 12.8 Å². The Balaban J connectivity index is 2.02. The quantitative estimate of drug-likeness (QED) is 0.749. The molecule has 82 valence electrons. The Morgan fingerprint density at radius 2 is 1.73 bits per heavy atom. The van der Waals surface area contributed by atoms with Crippen LogP contribution in [0.5, 0.6) is 0 Å². The van der Waals surface area contributed by atoms with Crippen molar-refractivity contribution in [1.82, 2.24) is 5.32 Å². The fraction of sp³-hybridized carbons (Fsp3) is 0.833. The number of carbonyl (C=O) groups excluding carboxylic acids is 1. The average molecular weight is 206 g/mol. The maximum atomic E-state index is 11.9. The number of hydrogen-bond acceptors (Lipinski definition) is 2. The van der Waals surface area contributed by atoms with Crippen molar-refractivity contribution in [2.24, 2.45) is 16.2 Å². The zero-order valence-corrected chi connectivity index (χ0v) is 9.85. The largest absolute Gasteiger partial charge is 0.351 e. The lowest BCUT2D eigenvalue weighted by molar-refractivity contribution is -0.124. The molecule has 0 aromatic carbocycles. The molecule has 3 heteroatoms. The standard InChI is InChI=1S/C12H18N2O/c1-10(2)8(11(10,3)4)14-9(15)12(7-13)5-6-12/h8H,5-6H2,1-4H3,(H,14,15). The summed E-state index contributed by atoms with van der Waals surface area (Å²) in [5.41, 5.74) is -0.392. The van der Waals surface area contributed by atoms with Gasteiger partial charge in [0.2, 0.25) is 5.91 Å². The topological polar surface area (TPSA) is 52.9 Å². The number of nitriles is 1. The average Bonchev–Trinajstić information content (AvgIpc) is 3.00. The number of amides is 1. The van der Waals surface area contributed by atoms with Gasteiger partial charge in [0.05, 0.1) is 6.07 Å². The minimum Gasteiger partial charge on any atom is -0.351 e. The van der Waals surface area contributed by atoms with E-state index in [1.165, 1.54) is 0 Å². The van der Waals surface area contributed by atoms with Gasteiger partial charge in [0.1, 0.15) is 5.41 Å².